The van der Waals surface area contributed by atoms with Crippen LogP contribution in [-0.4, -0.2) is 51.4 Å². The number of anilines is 2. The molecule has 1 aromatic carbocycles. The van der Waals surface area contributed by atoms with Gasteiger partial charge in [-0.2, -0.15) is 0 Å². The highest BCUT2D eigenvalue weighted by molar-refractivity contribution is 5.94. The third kappa shape index (κ3) is 3.15. The number of carbonyl (C=O) groups excluding carboxylic acids is 1. The zero-order chi connectivity index (χ0) is 17.9. The number of para-hydroxylation sites is 2. The SMILES string of the molecule is COc1ccccc1NC(=O)[C@@H]1CCCN(c2ccc3nnnn3n2)C1. The van der Waals surface area contributed by atoms with Crippen molar-refractivity contribution in [3.05, 3.63) is 36.4 Å². The van der Waals surface area contributed by atoms with Crippen molar-refractivity contribution in [2.24, 2.45) is 5.92 Å². The predicted molar refractivity (Wildman–Crippen MR) is 95.1 cm³/mol. The van der Waals surface area contributed by atoms with Crippen LogP contribution in [0.4, 0.5) is 11.5 Å². The molecule has 2 aromatic heterocycles. The molecule has 3 aromatic rings. The van der Waals surface area contributed by atoms with E-state index in [1.165, 1.54) is 4.63 Å². The second-order valence-corrected chi connectivity index (χ2v) is 6.19. The van der Waals surface area contributed by atoms with Gasteiger partial charge in [-0.3, -0.25) is 4.79 Å². The fourth-order valence-corrected chi connectivity index (χ4v) is 3.19. The van der Waals surface area contributed by atoms with Gasteiger partial charge in [-0.1, -0.05) is 12.1 Å². The van der Waals surface area contributed by atoms with Crippen LogP contribution in [-0.2, 0) is 4.79 Å². The lowest BCUT2D eigenvalue weighted by Crippen LogP contribution is -2.41. The molecular formula is C17H19N7O2. The lowest BCUT2D eigenvalue weighted by Gasteiger charge is -2.32. The lowest BCUT2D eigenvalue weighted by molar-refractivity contribution is -0.120. The predicted octanol–water partition coefficient (Wildman–Crippen LogP) is 1.38. The smallest absolute Gasteiger partial charge is 0.229 e. The molecule has 0 spiro atoms. The van der Waals surface area contributed by atoms with E-state index in [0.717, 1.165) is 25.2 Å². The molecule has 26 heavy (non-hydrogen) atoms. The van der Waals surface area contributed by atoms with Crippen molar-refractivity contribution >= 4 is 23.1 Å². The summed E-state index contributed by atoms with van der Waals surface area (Å²) in [5.41, 5.74) is 1.28. The quantitative estimate of drug-likeness (QED) is 0.757. The summed E-state index contributed by atoms with van der Waals surface area (Å²) < 4.78 is 6.70. The summed E-state index contributed by atoms with van der Waals surface area (Å²) in [6.07, 6.45) is 1.75. The molecule has 1 aliphatic rings. The van der Waals surface area contributed by atoms with Crippen LogP contribution in [0, 0.1) is 5.92 Å². The molecule has 0 radical (unpaired) electrons. The number of hydrogen-bond donors (Lipinski definition) is 1. The Morgan fingerprint density at radius 2 is 2.15 bits per heavy atom. The van der Waals surface area contributed by atoms with E-state index in [-0.39, 0.29) is 11.8 Å². The molecule has 1 fully saturated rings. The molecule has 0 bridgehead atoms. The Kier molecular flexibility index (Phi) is 4.34. The number of tetrazole rings is 1. The monoisotopic (exact) mass is 353 g/mol. The van der Waals surface area contributed by atoms with Gasteiger partial charge in [0.1, 0.15) is 5.75 Å². The molecule has 1 N–H and O–H groups in total. The molecule has 1 saturated heterocycles. The number of aromatic nitrogens is 5. The first kappa shape index (κ1) is 16.2. The molecule has 3 heterocycles. The van der Waals surface area contributed by atoms with Crippen LogP contribution in [0.1, 0.15) is 12.8 Å². The second kappa shape index (κ2) is 6.95. The number of methoxy groups -OCH3 is 1. The average Bonchev–Trinajstić information content (AvgIpc) is 3.16. The maximum Gasteiger partial charge on any atom is 0.229 e. The average molecular weight is 353 g/mol. The lowest BCUT2D eigenvalue weighted by atomic mass is 9.97. The summed E-state index contributed by atoms with van der Waals surface area (Å²) in [6.45, 7) is 1.45. The van der Waals surface area contributed by atoms with Crippen LogP contribution in [0.5, 0.6) is 5.75 Å². The van der Waals surface area contributed by atoms with E-state index in [9.17, 15) is 4.79 Å². The van der Waals surface area contributed by atoms with Crippen molar-refractivity contribution in [2.45, 2.75) is 12.8 Å². The second-order valence-electron chi connectivity index (χ2n) is 6.19. The number of hydrogen-bond acceptors (Lipinski definition) is 7. The number of amides is 1. The minimum Gasteiger partial charge on any atom is -0.495 e. The number of nitrogens with zero attached hydrogens (tertiary/aromatic N) is 6. The highest BCUT2D eigenvalue weighted by Crippen LogP contribution is 2.26. The molecule has 1 amide bonds. The van der Waals surface area contributed by atoms with Gasteiger partial charge in [0.05, 0.1) is 18.7 Å². The van der Waals surface area contributed by atoms with Crippen molar-refractivity contribution < 1.29 is 9.53 Å². The summed E-state index contributed by atoms with van der Waals surface area (Å²) >= 11 is 0. The number of benzene rings is 1. The van der Waals surface area contributed by atoms with Crippen LogP contribution < -0.4 is 15.0 Å². The van der Waals surface area contributed by atoms with Crippen molar-refractivity contribution in [3.63, 3.8) is 0 Å². The van der Waals surface area contributed by atoms with Crippen molar-refractivity contribution in [1.29, 1.82) is 0 Å². The normalized spacial score (nSPS) is 17.3. The van der Waals surface area contributed by atoms with Gasteiger partial charge in [0.25, 0.3) is 0 Å². The number of carbonyl (C=O) groups is 1. The zero-order valence-corrected chi connectivity index (χ0v) is 14.4. The minimum atomic E-state index is -0.125. The van der Waals surface area contributed by atoms with Gasteiger partial charge in [0, 0.05) is 13.1 Å². The first-order valence-electron chi connectivity index (χ1n) is 8.49. The standard InChI is InChI=1S/C17H19N7O2/c1-26-14-7-3-2-6-13(14)18-17(25)12-5-4-10-23(11-12)16-9-8-15-19-21-22-24(15)20-16/h2-3,6-9,12H,4-5,10-11H2,1H3,(H,18,25)/t12-/m1/s1. The van der Waals surface area contributed by atoms with E-state index in [1.807, 2.05) is 36.4 Å². The third-order valence-electron chi connectivity index (χ3n) is 4.54. The van der Waals surface area contributed by atoms with E-state index in [0.29, 0.717) is 23.6 Å². The van der Waals surface area contributed by atoms with E-state index in [4.69, 9.17) is 4.74 Å². The highest BCUT2D eigenvalue weighted by atomic mass is 16.5. The number of piperidine rings is 1. The summed E-state index contributed by atoms with van der Waals surface area (Å²) in [4.78, 5) is 14.8. The van der Waals surface area contributed by atoms with Gasteiger partial charge < -0.3 is 15.0 Å². The maximum atomic E-state index is 12.7. The van der Waals surface area contributed by atoms with E-state index in [1.54, 1.807) is 7.11 Å². The van der Waals surface area contributed by atoms with E-state index in [2.05, 4.69) is 30.8 Å². The summed E-state index contributed by atoms with van der Waals surface area (Å²) in [6, 6.07) is 11.1. The van der Waals surface area contributed by atoms with Gasteiger partial charge in [-0.25, -0.2) is 0 Å². The van der Waals surface area contributed by atoms with Crippen LogP contribution in [0.25, 0.3) is 5.65 Å². The molecular weight excluding hydrogens is 334 g/mol. The van der Waals surface area contributed by atoms with E-state index < -0.39 is 0 Å². The number of nitrogens with one attached hydrogen (secondary N) is 1. The Morgan fingerprint density at radius 3 is 3.04 bits per heavy atom. The Morgan fingerprint density at radius 1 is 1.27 bits per heavy atom. The van der Waals surface area contributed by atoms with Gasteiger partial charge >= 0.3 is 0 Å². The number of fused-ring (bicyclic) bond motifs is 1. The first-order chi connectivity index (χ1) is 12.7. The Bertz CT molecular complexity index is 926. The zero-order valence-electron chi connectivity index (χ0n) is 14.4. The first-order valence-corrected chi connectivity index (χ1v) is 8.49. The summed E-state index contributed by atoms with van der Waals surface area (Å²) in [7, 11) is 1.59. The molecule has 134 valence electrons. The van der Waals surface area contributed by atoms with Gasteiger partial charge in [0.2, 0.25) is 5.91 Å². The Labute approximate surface area is 149 Å². The number of rotatable bonds is 4. The fraction of sp³-hybridized carbons (Fsp3) is 0.353. The molecule has 4 rings (SSSR count). The molecule has 9 nitrogen and oxygen atoms in total. The minimum absolute atomic E-state index is 0.0114. The van der Waals surface area contributed by atoms with Crippen molar-refractivity contribution in [1.82, 2.24) is 25.3 Å². The van der Waals surface area contributed by atoms with E-state index >= 15 is 0 Å². The molecule has 9 heteroatoms. The van der Waals surface area contributed by atoms with Gasteiger partial charge in [-0.15, -0.1) is 14.8 Å². The largest absolute Gasteiger partial charge is 0.495 e. The fourth-order valence-electron chi connectivity index (χ4n) is 3.19. The molecule has 1 atom stereocenters. The molecule has 0 aliphatic carbocycles. The van der Waals surface area contributed by atoms with Crippen LogP contribution in [0.2, 0.25) is 0 Å². The van der Waals surface area contributed by atoms with Crippen molar-refractivity contribution in [3.8, 4) is 5.75 Å². The molecule has 0 saturated carbocycles. The highest BCUT2D eigenvalue weighted by Gasteiger charge is 2.27. The van der Waals surface area contributed by atoms with Gasteiger partial charge in [-0.05, 0) is 47.5 Å². The van der Waals surface area contributed by atoms with Gasteiger partial charge in [0.15, 0.2) is 11.5 Å². The third-order valence-corrected chi connectivity index (χ3v) is 4.54. The Hall–Kier alpha value is -3.23. The van der Waals surface area contributed by atoms with Crippen molar-refractivity contribution in [2.75, 3.05) is 30.4 Å². The van der Waals surface area contributed by atoms with Crippen LogP contribution in [0.15, 0.2) is 36.4 Å². The Balaban J connectivity index is 1.48. The molecule has 0 unspecified atom stereocenters. The van der Waals surface area contributed by atoms with Crippen LogP contribution >= 0.6 is 0 Å². The topological polar surface area (TPSA) is 97.5 Å². The summed E-state index contributed by atoms with van der Waals surface area (Å²) in [5.74, 6) is 1.28. The maximum absolute atomic E-state index is 12.7. The number of ether oxygens (including phenoxy) is 1. The molecule has 1 aliphatic heterocycles. The summed E-state index contributed by atoms with van der Waals surface area (Å²) in [5, 5.41) is 18.7. The van der Waals surface area contributed by atoms with Crippen LogP contribution in [0.3, 0.4) is 0 Å².